The Labute approximate surface area is 88.3 Å². The Balaban J connectivity index is 2.75. The maximum absolute atomic E-state index is 12.5. The van der Waals surface area contributed by atoms with Crippen molar-refractivity contribution in [3.63, 3.8) is 0 Å². The Morgan fingerprint density at radius 1 is 1.40 bits per heavy atom. The summed E-state index contributed by atoms with van der Waals surface area (Å²) in [6.45, 7) is 0. The van der Waals surface area contributed by atoms with Crippen LogP contribution in [0.2, 0.25) is 0 Å². The first-order valence-corrected chi connectivity index (χ1v) is 4.67. The zero-order chi connectivity index (χ0) is 11.1. The standard InChI is InChI=1S/C8H6F3N3S/c9-8(10,11)6-5(4-15)7-12-2-1-3-14(7)13-6/h1-3,15H,4H2. The molecule has 80 valence electrons. The van der Waals surface area contributed by atoms with Crippen molar-refractivity contribution in [3.8, 4) is 0 Å². The van der Waals surface area contributed by atoms with Gasteiger partial charge < -0.3 is 0 Å². The van der Waals surface area contributed by atoms with Crippen LogP contribution in [0.5, 0.6) is 0 Å². The van der Waals surface area contributed by atoms with E-state index < -0.39 is 11.9 Å². The number of alkyl halides is 3. The normalized spacial score (nSPS) is 12.3. The van der Waals surface area contributed by atoms with Crippen molar-refractivity contribution in [1.29, 1.82) is 0 Å². The van der Waals surface area contributed by atoms with Crippen LogP contribution < -0.4 is 0 Å². The van der Waals surface area contributed by atoms with Gasteiger partial charge in [-0.15, -0.1) is 0 Å². The van der Waals surface area contributed by atoms with Gasteiger partial charge in [0.2, 0.25) is 0 Å². The summed E-state index contributed by atoms with van der Waals surface area (Å²) >= 11 is 3.86. The van der Waals surface area contributed by atoms with Gasteiger partial charge in [0.15, 0.2) is 11.3 Å². The van der Waals surface area contributed by atoms with Crippen molar-refractivity contribution >= 4 is 18.3 Å². The predicted molar refractivity (Wildman–Crippen MR) is 50.7 cm³/mol. The van der Waals surface area contributed by atoms with Gasteiger partial charge in [-0.25, -0.2) is 9.50 Å². The Morgan fingerprint density at radius 2 is 2.13 bits per heavy atom. The highest BCUT2D eigenvalue weighted by Crippen LogP contribution is 2.32. The third kappa shape index (κ3) is 1.67. The number of hydrogen-bond acceptors (Lipinski definition) is 3. The Morgan fingerprint density at radius 3 is 2.73 bits per heavy atom. The Bertz CT molecular complexity index is 491. The molecule has 0 aliphatic carbocycles. The molecule has 3 nitrogen and oxygen atoms in total. The molecule has 7 heteroatoms. The molecule has 0 aromatic carbocycles. The second kappa shape index (κ2) is 3.41. The van der Waals surface area contributed by atoms with Crippen LogP contribution in [-0.4, -0.2) is 14.6 Å². The largest absolute Gasteiger partial charge is 0.435 e. The van der Waals surface area contributed by atoms with E-state index in [0.29, 0.717) is 0 Å². The Hall–Kier alpha value is -1.24. The van der Waals surface area contributed by atoms with Crippen LogP contribution in [0.4, 0.5) is 13.2 Å². The van der Waals surface area contributed by atoms with Crippen molar-refractivity contribution in [1.82, 2.24) is 14.6 Å². The van der Waals surface area contributed by atoms with E-state index in [1.165, 1.54) is 18.5 Å². The van der Waals surface area contributed by atoms with Crippen molar-refractivity contribution in [3.05, 3.63) is 29.7 Å². The molecular weight excluding hydrogens is 227 g/mol. The third-order valence-electron chi connectivity index (χ3n) is 1.92. The van der Waals surface area contributed by atoms with Crippen LogP contribution in [0.25, 0.3) is 5.65 Å². The molecule has 0 fully saturated rings. The lowest BCUT2D eigenvalue weighted by molar-refractivity contribution is -0.141. The maximum atomic E-state index is 12.5. The molecular formula is C8H6F3N3S. The van der Waals surface area contributed by atoms with E-state index in [2.05, 4.69) is 22.7 Å². The minimum absolute atomic E-state index is 0.00596. The minimum atomic E-state index is -4.47. The summed E-state index contributed by atoms with van der Waals surface area (Å²) in [5, 5.41) is 3.44. The lowest BCUT2D eigenvalue weighted by atomic mass is 10.2. The summed E-state index contributed by atoms with van der Waals surface area (Å²) < 4.78 is 38.7. The highest BCUT2D eigenvalue weighted by molar-refractivity contribution is 7.79. The van der Waals surface area contributed by atoms with Gasteiger partial charge in [-0.1, -0.05) is 0 Å². The molecule has 0 atom stereocenters. The molecule has 0 saturated carbocycles. The number of thiol groups is 1. The van der Waals surface area contributed by atoms with Crippen molar-refractivity contribution in [2.75, 3.05) is 0 Å². The van der Waals surface area contributed by atoms with E-state index in [0.717, 1.165) is 4.52 Å². The first-order valence-electron chi connectivity index (χ1n) is 4.04. The molecule has 0 spiro atoms. The van der Waals surface area contributed by atoms with E-state index in [9.17, 15) is 13.2 Å². The lowest BCUT2D eigenvalue weighted by Crippen LogP contribution is -2.08. The molecule has 0 radical (unpaired) electrons. The van der Waals surface area contributed by atoms with E-state index in [1.54, 1.807) is 0 Å². The summed E-state index contributed by atoms with van der Waals surface area (Å²) in [6.07, 6.45) is -1.62. The van der Waals surface area contributed by atoms with Crippen LogP contribution in [-0.2, 0) is 11.9 Å². The number of rotatable bonds is 1. The molecule has 0 amide bonds. The van der Waals surface area contributed by atoms with Gasteiger partial charge in [-0.3, -0.25) is 0 Å². The van der Waals surface area contributed by atoms with Gasteiger partial charge in [0.25, 0.3) is 0 Å². The molecule has 15 heavy (non-hydrogen) atoms. The average molecular weight is 233 g/mol. The highest BCUT2D eigenvalue weighted by atomic mass is 32.1. The molecule has 0 N–H and O–H groups in total. The number of hydrogen-bond donors (Lipinski definition) is 1. The van der Waals surface area contributed by atoms with Crippen LogP contribution in [0.1, 0.15) is 11.3 Å². The smallest absolute Gasteiger partial charge is 0.237 e. The molecule has 2 aromatic rings. The van der Waals surface area contributed by atoms with E-state index in [-0.39, 0.29) is 17.0 Å². The molecule has 0 unspecified atom stereocenters. The molecule has 2 rings (SSSR count). The number of nitrogens with zero attached hydrogens (tertiary/aromatic N) is 3. The number of halogens is 3. The first-order chi connectivity index (χ1) is 7.04. The van der Waals surface area contributed by atoms with Gasteiger partial charge in [0, 0.05) is 23.7 Å². The topological polar surface area (TPSA) is 30.2 Å². The number of fused-ring (bicyclic) bond motifs is 1. The van der Waals surface area contributed by atoms with Gasteiger partial charge in [-0.05, 0) is 6.07 Å². The Kier molecular flexibility index (Phi) is 2.34. The summed E-state index contributed by atoms with van der Waals surface area (Å²) in [4.78, 5) is 3.84. The van der Waals surface area contributed by atoms with Crippen molar-refractivity contribution in [2.45, 2.75) is 11.9 Å². The third-order valence-corrected chi connectivity index (χ3v) is 2.23. The lowest BCUT2D eigenvalue weighted by Gasteiger charge is -2.02. The molecule has 0 saturated heterocycles. The van der Waals surface area contributed by atoms with Gasteiger partial charge in [0.05, 0.1) is 0 Å². The van der Waals surface area contributed by atoms with Gasteiger partial charge in [0.1, 0.15) is 0 Å². The second-order valence-corrected chi connectivity index (χ2v) is 3.19. The van der Waals surface area contributed by atoms with Crippen molar-refractivity contribution < 1.29 is 13.2 Å². The fourth-order valence-electron chi connectivity index (χ4n) is 1.31. The fraction of sp³-hybridized carbons (Fsp3) is 0.250. The van der Waals surface area contributed by atoms with Crippen molar-refractivity contribution in [2.24, 2.45) is 0 Å². The monoisotopic (exact) mass is 233 g/mol. The van der Waals surface area contributed by atoms with E-state index in [1.807, 2.05) is 0 Å². The quantitative estimate of drug-likeness (QED) is 0.765. The summed E-state index contributed by atoms with van der Waals surface area (Å²) in [5.41, 5.74) is -0.720. The minimum Gasteiger partial charge on any atom is -0.237 e. The van der Waals surface area contributed by atoms with Gasteiger partial charge >= 0.3 is 6.18 Å². The van der Waals surface area contributed by atoms with Gasteiger partial charge in [-0.2, -0.15) is 30.9 Å². The summed E-state index contributed by atoms with van der Waals surface area (Å²) in [5.74, 6) is -0.0463. The molecule has 0 bridgehead atoms. The van der Waals surface area contributed by atoms with Crippen LogP contribution in [0.15, 0.2) is 18.5 Å². The molecule has 0 aliphatic rings. The zero-order valence-corrected chi connectivity index (χ0v) is 8.26. The van der Waals surface area contributed by atoms with Crippen LogP contribution >= 0.6 is 12.6 Å². The van der Waals surface area contributed by atoms with E-state index >= 15 is 0 Å². The zero-order valence-electron chi connectivity index (χ0n) is 7.36. The second-order valence-electron chi connectivity index (χ2n) is 2.87. The van der Waals surface area contributed by atoms with Crippen LogP contribution in [0.3, 0.4) is 0 Å². The fourth-order valence-corrected chi connectivity index (χ4v) is 1.60. The van der Waals surface area contributed by atoms with E-state index in [4.69, 9.17) is 0 Å². The average Bonchev–Trinajstić information content (AvgIpc) is 2.55. The number of aromatic nitrogens is 3. The first kappa shape index (κ1) is 10.3. The molecule has 2 heterocycles. The predicted octanol–water partition coefficient (Wildman–Crippen LogP) is 2.18. The summed E-state index contributed by atoms with van der Waals surface area (Å²) in [6, 6.07) is 1.52. The maximum Gasteiger partial charge on any atom is 0.435 e. The molecule has 2 aromatic heterocycles. The van der Waals surface area contributed by atoms with Crippen LogP contribution in [0, 0.1) is 0 Å². The molecule has 0 aliphatic heterocycles. The summed E-state index contributed by atoms with van der Waals surface area (Å²) in [7, 11) is 0. The highest BCUT2D eigenvalue weighted by Gasteiger charge is 2.37. The SMILES string of the molecule is FC(F)(F)c1nn2cccnc2c1CS.